The summed E-state index contributed by atoms with van der Waals surface area (Å²) < 4.78 is 29.0. The van der Waals surface area contributed by atoms with Crippen LogP contribution in [0.15, 0.2) is 65.6 Å². The Balaban J connectivity index is 1.46. The number of benzene rings is 3. The van der Waals surface area contributed by atoms with Crippen molar-refractivity contribution in [2.75, 3.05) is 17.8 Å². The van der Waals surface area contributed by atoms with Crippen molar-refractivity contribution in [1.82, 2.24) is 10.2 Å². The van der Waals surface area contributed by atoms with Crippen molar-refractivity contribution in [2.24, 2.45) is 0 Å². The average molecular weight is 492 g/mol. The summed E-state index contributed by atoms with van der Waals surface area (Å²) in [5.41, 5.74) is 5.47. The zero-order chi connectivity index (χ0) is 25.0. The molecule has 0 saturated carbocycles. The molecule has 1 saturated heterocycles. The van der Waals surface area contributed by atoms with Gasteiger partial charge in [-0.25, -0.2) is 8.42 Å². The second-order valence-electron chi connectivity index (χ2n) is 9.39. The van der Waals surface area contributed by atoms with E-state index in [1.54, 1.807) is 25.1 Å². The van der Waals surface area contributed by atoms with Gasteiger partial charge in [0.1, 0.15) is 0 Å². The predicted molar refractivity (Wildman–Crippen MR) is 140 cm³/mol. The smallest absolute Gasteiger partial charge is 0.262 e. The van der Waals surface area contributed by atoms with Gasteiger partial charge in [0.2, 0.25) is 0 Å². The van der Waals surface area contributed by atoms with Crippen LogP contribution in [0.25, 0.3) is 0 Å². The van der Waals surface area contributed by atoms with Crippen LogP contribution < -0.4 is 10.0 Å². The number of amides is 1. The fourth-order valence-corrected chi connectivity index (χ4v) is 5.79. The van der Waals surface area contributed by atoms with Crippen LogP contribution in [0.2, 0.25) is 0 Å². The van der Waals surface area contributed by atoms with Gasteiger partial charge in [-0.1, -0.05) is 42.5 Å². The van der Waals surface area contributed by atoms with Gasteiger partial charge in [0.05, 0.1) is 10.6 Å². The van der Waals surface area contributed by atoms with Crippen LogP contribution in [0.1, 0.15) is 51.0 Å². The monoisotopic (exact) mass is 491 g/mol. The fourth-order valence-electron chi connectivity index (χ4n) is 4.40. The Kier molecular flexibility index (Phi) is 7.57. The molecular formula is C28H33N3O3S. The molecule has 0 unspecified atom stereocenters. The topological polar surface area (TPSA) is 78.5 Å². The van der Waals surface area contributed by atoms with Gasteiger partial charge in [0.25, 0.3) is 15.9 Å². The molecule has 1 amide bonds. The SMILES string of the molecule is Cc1ccc(C)c(NS(=O)(=O)c2cc(C(=O)NCc3cccc(CN4CCCC4)c3)ccc2C)c1. The second kappa shape index (κ2) is 10.6. The Hall–Kier alpha value is -3.16. The molecule has 2 N–H and O–H groups in total. The number of rotatable bonds is 8. The summed E-state index contributed by atoms with van der Waals surface area (Å²) in [6.07, 6.45) is 2.51. The molecule has 1 aliphatic heterocycles. The Morgan fingerprint density at radius 1 is 0.886 bits per heavy atom. The first-order valence-electron chi connectivity index (χ1n) is 12.0. The molecule has 4 rings (SSSR count). The highest BCUT2D eigenvalue weighted by atomic mass is 32.2. The average Bonchev–Trinajstić information content (AvgIpc) is 3.33. The van der Waals surface area contributed by atoms with E-state index in [0.717, 1.165) is 36.3 Å². The van der Waals surface area contributed by atoms with Crippen LogP contribution >= 0.6 is 0 Å². The molecule has 7 heteroatoms. The lowest BCUT2D eigenvalue weighted by Crippen LogP contribution is -2.24. The largest absolute Gasteiger partial charge is 0.348 e. The molecule has 0 radical (unpaired) electrons. The number of hydrogen-bond acceptors (Lipinski definition) is 4. The molecule has 0 atom stereocenters. The number of sulfonamides is 1. The summed E-state index contributed by atoms with van der Waals surface area (Å²) in [6.45, 7) is 9.07. The molecule has 3 aromatic carbocycles. The lowest BCUT2D eigenvalue weighted by atomic mass is 10.1. The van der Waals surface area contributed by atoms with Crippen LogP contribution in [0.4, 0.5) is 5.69 Å². The van der Waals surface area contributed by atoms with Crippen molar-refractivity contribution in [2.45, 2.75) is 51.6 Å². The highest BCUT2D eigenvalue weighted by Crippen LogP contribution is 2.24. The number of anilines is 1. The van der Waals surface area contributed by atoms with Crippen LogP contribution in [-0.2, 0) is 23.1 Å². The summed E-state index contributed by atoms with van der Waals surface area (Å²) in [4.78, 5) is 15.4. The minimum absolute atomic E-state index is 0.0960. The molecule has 3 aromatic rings. The third-order valence-electron chi connectivity index (χ3n) is 6.43. The molecule has 1 aliphatic rings. The molecule has 6 nitrogen and oxygen atoms in total. The fraction of sp³-hybridized carbons (Fsp3) is 0.321. The van der Waals surface area contributed by atoms with E-state index in [0.29, 0.717) is 23.4 Å². The van der Waals surface area contributed by atoms with Crippen molar-refractivity contribution in [1.29, 1.82) is 0 Å². The van der Waals surface area contributed by atoms with Crippen LogP contribution in [0.5, 0.6) is 0 Å². The zero-order valence-corrected chi connectivity index (χ0v) is 21.4. The maximum absolute atomic E-state index is 13.2. The first-order chi connectivity index (χ1) is 16.7. The van der Waals surface area contributed by atoms with E-state index >= 15 is 0 Å². The first-order valence-corrected chi connectivity index (χ1v) is 13.5. The van der Waals surface area contributed by atoms with Crippen LogP contribution in [0.3, 0.4) is 0 Å². The standard InChI is InChI=1S/C28H33N3O3S/c1-20-9-10-21(2)26(15-20)30-35(33,34)27-17-25(12-11-22(27)3)28(32)29-18-23-7-6-8-24(16-23)19-31-13-4-5-14-31/h6-12,15-17,30H,4-5,13-14,18-19H2,1-3H3,(H,29,32). The van der Waals surface area contributed by atoms with Crippen LogP contribution in [0, 0.1) is 20.8 Å². The van der Waals surface area contributed by atoms with Gasteiger partial charge < -0.3 is 5.32 Å². The minimum atomic E-state index is -3.86. The van der Waals surface area contributed by atoms with E-state index in [1.165, 1.54) is 24.5 Å². The lowest BCUT2D eigenvalue weighted by Gasteiger charge is -2.15. The third kappa shape index (κ3) is 6.29. The lowest BCUT2D eigenvalue weighted by molar-refractivity contribution is 0.0950. The van der Waals surface area contributed by atoms with E-state index in [9.17, 15) is 13.2 Å². The van der Waals surface area contributed by atoms with Crippen molar-refractivity contribution in [3.05, 3.63) is 94.0 Å². The van der Waals surface area contributed by atoms with E-state index in [4.69, 9.17) is 0 Å². The number of carbonyl (C=O) groups is 1. The van der Waals surface area contributed by atoms with Gasteiger partial charge >= 0.3 is 0 Å². The van der Waals surface area contributed by atoms with E-state index < -0.39 is 10.0 Å². The molecule has 0 aromatic heterocycles. The number of carbonyl (C=O) groups excluding carboxylic acids is 1. The van der Waals surface area contributed by atoms with Crippen molar-refractivity contribution in [3.63, 3.8) is 0 Å². The first kappa shape index (κ1) is 24.9. The Bertz CT molecular complexity index is 1330. The van der Waals surface area contributed by atoms with Gasteiger partial charge in [0.15, 0.2) is 0 Å². The summed E-state index contributed by atoms with van der Waals surface area (Å²) in [7, 11) is -3.86. The zero-order valence-electron chi connectivity index (χ0n) is 20.6. The summed E-state index contributed by atoms with van der Waals surface area (Å²) in [5.74, 6) is -0.307. The highest BCUT2D eigenvalue weighted by molar-refractivity contribution is 7.92. The van der Waals surface area contributed by atoms with Crippen molar-refractivity contribution >= 4 is 21.6 Å². The summed E-state index contributed by atoms with van der Waals surface area (Å²) in [5, 5.41) is 2.93. The third-order valence-corrected chi connectivity index (χ3v) is 7.93. The second-order valence-corrected chi connectivity index (χ2v) is 11.0. The van der Waals surface area contributed by atoms with E-state index in [-0.39, 0.29) is 10.8 Å². The Labute approximate surface area is 208 Å². The number of hydrogen-bond donors (Lipinski definition) is 2. The maximum atomic E-state index is 13.2. The molecule has 1 heterocycles. The summed E-state index contributed by atoms with van der Waals surface area (Å²) >= 11 is 0. The predicted octanol–water partition coefficient (Wildman–Crippen LogP) is 4.94. The van der Waals surface area contributed by atoms with Crippen molar-refractivity contribution in [3.8, 4) is 0 Å². The number of nitrogens with one attached hydrogen (secondary N) is 2. The quantitative estimate of drug-likeness (QED) is 0.468. The summed E-state index contributed by atoms with van der Waals surface area (Å²) in [6, 6.07) is 18.6. The molecule has 0 spiro atoms. The molecule has 1 fully saturated rings. The normalized spacial score (nSPS) is 14.1. The molecule has 184 valence electrons. The Morgan fingerprint density at radius 2 is 1.60 bits per heavy atom. The molecular weight excluding hydrogens is 458 g/mol. The number of nitrogens with zero attached hydrogens (tertiary/aromatic N) is 1. The van der Waals surface area contributed by atoms with Gasteiger partial charge in [-0.2, -0.15) is 0 Å². The van der Waals surface area contributed by atoms with E-state index in [2.05, 4.69) is 27.1 Å². The molecule has 0 bridgehead atoms. The van der Waals surface area contributed by atoms with Crippen LogP contribution in [-0.4, -0.2) is 32.3 Å². The number of likely N-dealkylation sites (tertiary alicyclic amines) is 1. The Morgan fingerprint density at radius 3 is 2.37 bits per heavy atom. The molecule has 35 heavy (non-hydrogen) atoms. The van der Waals surface area contributed by atoms with Gasteiger partial charge in [-0.3, -0.25) is 14.4 Å². The van der Waals surface area contributed by atoms with Gasteiger partial charge in [0, 0.05) is 18.7 Å². The highest BCUT2D eigenvalue weighted by Gasteiger charge is 2.20. The minimum Gasteiger partial charge on any atom is -0.348 e. The maximum Gasteiger partial charge on any atom is 0.262 e. The van der Waals surface area contributed by atoms with E-state index in [1.807, 2.05) is 38.1 Å². The van der Waals surface area contributed by atoms with Crippen molar-refractivity contribution < 1.29 is 13.2 Å². The number of aryl methyl sites for hydroxylation is 3. The van der Waals surface area contributed by atoms with Gasteiger partial charge in [-0.05, 0) is 92.7 Å². The molecule has 0 aliphatic carbocycles. The van der Waals surface area contributed by atoms with Gasteiger partial charge in [-0.15, -0.1) is 0 Å².